The first-order valence-electron chi connectivity index (χ1n) is 26.6. The predicted molar refractivity (Wildman–Crippen MR) is 345 cm³/mol. The molecule has 2 atom stereocenters. The molecule has 0 spiro atoms. The second-order valence-electron chi connectivity index (χ2n) is 20.1. The van der Waals surface area contributed by atoms with Crippen molar-refractivity contribution in [3.05, 3.63) is 147 Å². The van der Waals surface area contributed by atoms with Crippen LogP contribution in [0.1, 0.15) is 85.2 Å². The highest BCUT2D eigenvalue weighted by Gasteiger charge is 2.33. The lowest BCUT2D eigenvalue weighted by Crippen LogP contribution is -2.29. The number of thiophene rings is 3. The smallest absolute Gasteiger partial charge is 0.261 e. The molecule has 3 saturated heterocycles. The molecule has 0 aliphatic carbocycles. The van der Waals surface area contributed by atoms with Gasteiger partial charge in [0.15, 0.2) is 0 Å². The van der Waals surface area contributed by atoms with Crippen molar-refractivity contribution in [2.75, 3.05) is 91.8 Å². The summed E-state index contributed by atoms with van der Waals surface area (Å²) in [5.41, 5.74) is 2.23. The fourth-order valence-corrected chi connectivity index (χ4v) is 14.7. The van der Waals surface area contributed by atoms with Crippen molar-refractivity contribution in [1.82, 2.24) is 30.7 Å². The Hall–Kier alpha value is -2.74. The van der Waals surface area contributed by atoms with E-state index in [-0.39, 0.29) is 17.7 Å². The zero-order valence-electron chi connectivity index (χ0n) is 44.7. The van der Waals surface area contributed by atoms with Gasteiger partial charge in [-0.25, -0.2) is 4.39 Å². The minimum absolute atomic E-state index is 0.0269. The number of ether oxygens (including phenoxy) is 3. The molecule has 3 aliphatic heterocycles. The van der Waals surface area contributed by atoms with Crippen molar-refractivity contribution < 1.29 is 33.0 Å². The van der Waals surface area contributed by atoms with Gasteiger partial charge < -0.3 is 30.2 Å². The number of halogens is 7. The van der Waals surface area contributed by atoms with Gasteiger partial charge in [0.05, 0.1) is 28.0 Å². The van der Waals surface area contributed by atoms with E-state index in [2.05, 4.69) is 145 Å². The SMILES string of the molecule is CC1(F)CCN(CCOc2ccc(CCNC(=O)c3cc(Br)cs3)cc2Br)C1.C[C@@H]1CCN(CCOc2ccc(CCNC(=O)c3cc(Br)cs3)cc2Br)C1.O=C(NCc1ccc(OCCN2CCCC2)c(Br)c1)c1cc(Br)cs1. The molecule has 0 saturated carbocycles. The Morgan fingerprint density at radius 1 is 0.575 bits per heavy atom. The van der Waals surface area contributed by atoms with E-state index in [0.717, 1.165) is 111 Å². The third kappa shape index (κ3) is 22.0. The van der Waals surface area contributed by atoms with Crippen LogP contribution in [0, 0.1) is 5.92 Å². The lowest BCUT2D eigenvalue weighted by molar-refractivity contribution is 0.0947. The molecule has 3 aromatic carbocycles. The first-order chi connectivity index (χ1) is 38.4. The summed E-state index contributed by atoms with van der Waals surface area (Å²) in [6.07, 6.45) is 5.99. The fraction of sp³-hybridized carbons (Fsp3) is 0.431. The molecule has 3 aromatic heterocycles. The Labute approximate surface area is 532 Å². The largest absolute Gasteiger partial charge is 0.491 e. The van der Waals surface area contributed by atoms with Crippen molar-refractivity contribution in [3.63, 3.8) is 0 Å². The van der Waals surface area contributed by atoms with Crippen LogP contribution in [0.15, 0.2) is 116 Å². The molecule has 80 heavy (non-hydrogen) atoms. The Kier molecular flexibility index (Phi) is 26.8. The van der Waals surface area contributed by atoms with Crippen LogP contribution >= 0.6 is 130 Å². The zero-order chi connectivity index (χ0) is 57.0. The number of nitrogens with zero attached hydrogens (tertiary/aromatic N) is 3. The number of carbonyl (C=O) groups is 3. The first kappa shape index (κ1) is 64.8. The maximum Gasteiger partial charge on any atom is 0.261 e. The van der Waals surface area contributed by atoms with Crippen molar-refractivity contribution in [2.45, 2.75) is 64.6 Å². The van der Waals surface area contributed by atoms with Gasteiger partial charge in [0, 0.05) is 88.5 Å². The molecule has 1 unspecified atom stereocenters. The van der Waals surface area contributed by atoms with Crippen LogP contribution in [0.25, 0.3) is 0 Å². The van der Waals surface area contributed by atoms with E-state index in [4.69, 9.17) is 14.2 Å². The molecule has 0 radical (unpaired) electrons. The van der Waals surface area contributed by atoms with Gasteiger partial charge in [0.2, 0.25) is 0 Å². The highest BCUT2D eigenvalue weighted by Crippen LogP contribution is 2.30. The molecule has 3 N–H and O–H groups in total. The van der Waals surface area contributed by atoms with Crippen LogP contribution in [-0.2, 0) is 19.4 Å². The van der Waals surface area contributed by atoms with E-state index in [0.29, 0.717) is 62.2 Å². The summed E-state index contributed by atoms with van der Waals surface area (Å²) in [4.78, 5) is 45.3. The molecule has 12 nitrogen and oxygen atoms in total. The number of likely N-dealkylation sites (tertiary alicyclic amines) is 3. The Morgan fingerprint density at radius 2 is 1.00 bits per heavy atom. The fourth-order valence-electron chi connectivity index (χ4n) is 9.08. The first-order valence-corrected chi connectivity index (χ1v) is 34.0. The van der Waals surface area contributed by atoms with Crippen LogP contribution in [0.4, 0.5) is 4.39 Å². The molecule has 3 fully saturated rings. The maximum absolute atomic E-state index is 13.9. The standard InChI is InChI=1S/C20H23Br2FN2O2S.C20H24Br2N2O2S.C18H20Br2N2O2S/c1-20(23)5-7-25(13-20)8-9-27-17-3-2-14(10-16(17)22)4-6-24-19(26)18-11-15(21)12-28-18;1-14-5-7-24(12-14)8-9-26-18-3-2-15(10-17(18)22)4-6-23-20(25)19-11-16(21)13-27-19;19-14-10-17(25-12-14)18(23)21-11-13-3-4-16(15(20)9-13)24-8-7-22-5-1-2-6-22/h2-3,10-12H,4-9,13H2,1H3,(H,24,26);2-3,10-11,13-14H,4-9,12H2,1H3,(H,23,25);3-4,9-10,12H,1-2,5-8,11H2,(H,21,23)/t;14-;/m.1./s1. The Bertz CT molecular complexity index is 2960. The summed E-state index contributed by atoms with van der Waals surface area (Å²) >= 11 is 25.1. The quantitative estimate of drug-likeness (QED) is 0.0575. The third-order valence-corrected chi connectivity index (χ3v) is 20.3. The zero-order valence-corrected chi connectivity index (χ0v) is 56.7. The second kappa shape index (κ2) is 33.1. The van der Waals surface area contributed by atoms with Crippen LogP contribution in [0.5, 0.6) is 17.2 Å². The summed E-state index contributed by atoms with van der Waals surface area (Å²) in [7, 11) is 0. The van der Waals surface area contributed by atoms with Crippen molar-refractivity contribution in [1.29, 1.82) is 0 Å². The van der Waals surface area contributed by atoms with Crippen molar-refractivity contribution >= 4 is 147 Å². The number of hydrogen-bond acceptors (Lipinski definition) is 12. The van der Waals surface area contributed by atoms with Gasteiger partial charge in [0.25, 0.3) is 17.7 Å². The number of hydrogen-bond donors (Lipinski definition) is 3. The summed E-state index contributed by atoms with van der Waals surface area (Å²) in [6, 6.07) is 23.5. The van der Waals surface area contributed by atoms with Gasteiger partial charge in [-0.1, -0.05) is 25.1 Å². The number of amides is 3. The van der Waals surface area contributed by atoms with E-state index in [1.807, 2.05) is 76.8 Å². The predicted octanol–water partition coefficient (Wildman–Crippen LogP) is 14.7. The van der Waals surface area contributed by atoms with E-state index >= 15 is 0 Å². The van der Waals surface area contributed by atoms with Crippen LogP contribution in [-0.4, -0.2) is 130 Å². The normalized spacial score (nSPS) is 17.3. The molecule has 6 aromatic rings. The topological polar surface area (TPSA) is 125 Å². The van der Waals surface area contributed by atoms with E-state index < -0.39 is 5.67 Å². The molecular weight excluding hydrogens is 1470 g/mol. The summed E-state index contributed by atoms with van der Waals surface area (Å²) < 4.78 is 37.1. The van der Waals surface area contributed by atoms with Gasteiger partial charge in [-0.3, -0.25) is 29.1 Å². The minimum Gasteiger partial charge on any atom is -0.491 e. The number of nitrogens with one attached hydrogen (secondary N) is 3. The molecular formula is C58H67Br6FN6O6S3. The van der Waals surface area contributed by atoms with Crippen molar-refractivity contribution in [2.24, 2.45) is 5.92 Å². The number of alkyl halides is 1. The molecule has 9 rings (SSSR count). The Morgan fingerprint density at radius 3 is 1.40 bits per heavy atom. The lowest BCUT2D eigenvalue weighted by Gasteiger charge is -2.17. The van der Waals surface area contributed by atoms with Crippen LogP contribution in [0.3, 0.4) is 0 Å². The van der Waals surface area contributed by atoms with Crippen LogP contribution in [0.2, 0.25) is 0 Å². The monoisotopic (exact) mass is 1530 g/mol. The van der Waals surface area contributed by atoms with E-state index in [9.17, 15) is 18.8 Å². The molecule has 432 valence electrons. The average Bonchev–Trinajstić information content (AvgIpc) is 4.32. The summed E-state index contributed by atoms with van der Waals surface area (Å²) in [6.45, 7) is 16.2. The third-order valence-electron chi connectivity index (χ3n) is 13.4. The highest BCUT2D eigenvalue weighted by atomic mass is 79.9. The van der Waals surface area contributed by atoms with Gasteiger partial charge >= 0.3 is 0 Å². The van der Waals surface area contributed by atoms with Crippen LogP contribution < -0.4 is 30.2 Å². The van der Waals surface area contributed by atoms with Gasteiger partial charge in [-0.2, -0.15) is 0 Å². The molecule has 3 aliphatic rings. The average molecular weight is 1540 g/mol. The minimum atomic E-state index is -1.07. The molecule has 0 bridgehead atoms. The number of carbonyl (C=O) groups excluding carboxylic acids is 3. The molecule has 6 heterocycles. The highest BCUT2D eigenvalue weighted by molar-refractivity contribution is 9.11. The summed E-state index contributed by atoms with van der Waals surface area (Å²) in [5, 5.41) is 14.5. The number of rotatable bonds is 23. The Balaban J connectivity index is 0.000000174. The summed E-state index contributed by atoms with van der Waals surface area (Å²) in [5.74, 6) is 3.16. The molecule has 3 amide bonds. The van der Waals surface area contributed by atoms with Gasteiger partial charge in [0.1, 0.15) is 42.7 Å². The number of benzene rings is 3. The van der Waals surface area contributed by atoms with Gasteiger partial charge in [-0.05, 0) is 238 Å². The maximum atomic E-state index is 13.9. The lowest BCUT2D eigenvalue weighted by atomic mass is 10.1. The van der Waals surface area contributed by atoms with E-state index in [1.54, 1.807) is 6.92 Å². The van der Waals surface area contributed by atoms with E-state index in [1.165, 1.54) is 79.5 Å². The van der Waals surface area contributed by atoms with Gasteiger partial charge in [-0.15, -0.1) is 34.0 Å². The second-order valence-corrected chi connectivity index (χ2v) is 28.1. The van der Waals surface area contributed by atoms with Crippen molar-refractivity contribution in [3.8, 4) is 17.2 Å². The molecule has 22 heteroatoms.